The highest BCUT2D eigenvalue weighted by Gasteiger charge is 2.39. The zero-order chi connectivity index (χ0) is 41.2. The lowest BCUT2D eigenvalue weighted by Crippen LogP contribution is -2.49. The van der Waals surface area contributed by atoms with Crippen molar-refractivity contribution in [1.82, 2.24) is 29.8 Å². The number of carbonyl (C=O) groups excluding carboxylic acids is 4. The summed E-state index contributed by atoms with van der Waals surface area (Å²) < 4.78 is 24.3. The highest BCUT2D eigenvalue weighted by Crippen LogP contribution is 2.33. The lowest BCUT2D eigenvalue weighted by molar-refractivity contribution is -0.126. The fourth-order valence-electron chi connectivity index (χ4n) is 7.01. The van der Waals surface area contributed by atoms with E-state index in [1.54, 1.807) is 40.9 Å². The SMILES string of the molecule is C=C1CCC(N2Cc3c(NCCOCCOCCC(=O)CCCOc4ncc(Cl)cc4CC(=O)Cc4cnc5cc(Cl)nn5c4[C@H](C)OC)cccc3C2=O)C(=O)N1. The van der Waals surface area contributed by atoms with Crippen molar-refractivity contribution < 1.29 is 38.1 Å². The van der Waals surface area contributed by atoms with Crippen molar-refractivity contribution >= 4 is 57.9 Å². The number of ether oxygens (including phenoxy) is 4. The molecule has 6 rings (SSSR count). The molecule has 0 aliphatic carbocycles. The molecule has 2 aliphatic heterocycles. The topological polar surface area (TPSA) is 176 Å². The Morgan fingerprint density at radius 1 is 1.00 bits per heavy atom. The van der Waals surface area contributed by atoms with Gasteiger partial charge in [-0.1, -0.05) is 35.8 Å². The number of amides is 2. The molecule has 17 heteroatoms. The van der Waals surface area contributed by atoms with E-state index in [1.807, 2.05) is 19.1 Å². The number of rotatable bonds is 22. The first-order chi connectivity index (χ1) is 28.0. The molecule has 0 spiro atoms. The summed E-state index contributed by atoms with van der Waals surface area (Å²) in [5.41, 5.74) is 5.42. The van der Waals surface area contributed by atoms with Crippen molar-refractivity contribution in [3.63, 3.8) is 0 Å². The Balaban J connectivity index is 0.849. The molecule has 0 bridgehead atoms. The summed E-state index contributed by atoms with van der Waals surface area (Å²) in [7, 11) is 1.58. The maximum Gasteiger partial charge on any atom is 0.255 e. The van der Waals surface area contributed by atoms with Gasteiger partial charge >= 0.3 is 0 Å². The minimum Gasteiger partial charge on any atom is -0.477 e. The summed E-state index contributed by atoms with van der Waals surface area (Å²) in [6.07, 6.45) is 5.04. The molecule has 4 aromatic rings. The standard InChI is InChI=1S/C41H47Cl2N7O8/c1-25-9-10-35(39(53)47-25)49-24-33-32(41(49)54)7-4-8-34(33)44-12-15-57-17-16-56-14-11-30(51)6-5-13-58-40-27(18-29(42)23-46-40)19-31(52)20-28-22-45-37-21-36(43)48-50(37)38(28)26(2)55-3/h4,7-8,18,21-23,26,35,44H,1,5-6,9-17,19-20,24H2,2-3H3,(H,47,53)/t26-,35?/m0/s1. The van der Waals surface area contributed by atoms with Crippen molar-refractivity contribution in [1.29, 1.82) is 0 Å². The number of piperidine rings is 1. The lowest BCUT2D eigenvalue weighted by Gasteiger charge is -2.31. The Bertz CT molecular complexity index is 2160. The van der Waals surface area contributed by atoms with Gasteiger partial charge in [0.15, 0.2) is 10.8 Å². The zero-order valence-corrected chi connectivity index (χ0v) is 34.1. The molecule has 2 N–H and O–H groups in total. The largest absolute Gasteiger partial charge is 0.477 e. The zero-order valence-electron chi connectivity index (χ0n) is 32.6. The van der Waals surface area contributed by atoms with Crippen molar-refractivity contribution in [2.24, 2.45) is 0 Å². The van der Waals surface area contributed by atoms with Crippen LogP contribution in [0, 0.1) is 0 Å². The minimum absolute atomic E-state index is 0.0219. The predicted octanol–water partition coefficient (Wildman–Crippen LogP) is 5.50. The van der Waals surface area contributed by atoms with Gasteiger partial charge in [0.05, 0.1) is 49.9 Å². The first-order valence-corrected chi connectivity index (χ1v) is 19.9. The van der Waals surface area contributed by atoms with E-state index in [9.17, 15) is 19.2 Å². The van der Waals surface area contributed by atoms with Crippen molar-refractivity contribution in [3.8, 4) is 5.88 Å². The number of allylic oxidation sites excluding steroid dienone is 1. The average Bonchev–Trinajstić information content (AvgIpc) is 3.74. The molecule has 0 saturated carbocycles. The molecule has 2 amide bonds. The third kappa shape index (κ3) is 10.8. The number of nitrogens with zero attached hydrogens (tertiary/aromatic N) is 5. The summed E-state index contributed by atoms with van der Waals surface area (Å²) in [5.74, 6) is -0.123. The van der Waals surface area contributed by atoms with Gasteiger partial charge in [-0.2, -0.15) is 5.10 Å². The molecular weight excluding hydrogens is 789 g/mol. The Morgan fingerprint density at radius 2 is 1.79 bits per heavy atom. The minimum atomic E-state index is -0.510. The molecule has 5 heterocycles. The van der Waals surface area contributed by atoms with Crippen molar-refractivity contribution in [2.45, 2.75) is 70.6 Å². The van der Waals surface area contributed by atoms with Gasteiger partial charge in [-0.15, -0.1) is 0 Å². The number of carbonyl (C=O) groups is 4. The Hall–Kier alpha value is -4.93. The van der Waals surface area contributed by atoms with E-state index in [1.165, 1.54) is 6.20 Å². The summed E-state index contributed by atoms with van der Waals surface area (Å²) in [6, 6.07) is 8.32. The van der Waals surface area contributed by atoms with Crippen LogP contribution in [0.5, 0.6) is 5.88 Å². The molecule has 0 radical (unpaired) electrons. The van der Waals surface area contributed by atoms with Crippen LogP contribution in [-0.4, -0.2) is 101 Å². The van der Waals surface area contributed by atoms with Gasteiger partial charge in [-0.25, -0.2) is 14.5 Å². The molecule has 308 valence electrons. The Labute approximate surface area is 346 Å². The fourth-order valence-corrected chi connectivity index (χ4v) is 7.37. The van der Waals surface area contributed by atoms with Crippen LogP contribution < -0.4 is 15.4 Å². The number of hydrogen-bond acceptors (Lipinski definition) is 12. The molecule has 15 nitrogen and oxygen atoms in total. The van der Waals surface area contributed by atoms with Crippen LogP contribution in [0.25, 0.3) is 5.65 Å². The first kappa shape index (κ1) is 42.7. The summed E-state index contributed by atoms with van der Waals surface area (Å²) in [6.45, 7) is 8.20. The van der Waals surface area contributed by atoms with E-state index in [2.05, 4.69) is 32.3 Å². The quantitative estimate of drug-likeness (QED) is 0.0953. The Kier molecular flexibility index (Phi) is 14.8. The highest BCUT2D eigenvalue weighted by atomic mass is 35.5. The van der Waals surface area contributed by atoms with E-state index >= 15 is 0 Å². The van der Waals surface area contributed by atoms with Crippen LogP contribution in [0.3, 0.4) is 0 Å². The summed E-state index contributed by atoms with van der Waals surface area (Å²) in [4.78, 5) is 61.7. The number of pyridine rings is 1. The normalized spacial score (nSPS) is 15.8. The number of nitrogens with one attached hydrogen (secondary N) is 2. The van der Waals surface area contributed by atoms with Crippen molar-refractivity contribution in [3.05, 3.63) is 93.1 Å². The predicted molar refractivity (Wildman–Crippen MR) is 216 cm³/mol. The van der Waals surface area contributed by atoms with E-state index in [4.69, 9.17) is 42.1 Å². The van der Waals surface area contributed by atoms with Crippen LogP contribution in [0.1, 0.15) is 77.9 Å². The number of anilines is 1. The number of hydrogen-bond donors (Lipinski definition) is 2. The van der Waals surface area contributed by atoms with Gasteiger partial charge < -0.3 is 34.5 Å². The number of Topliss-reactive ketones (excluding diaryl/α,β-unsaturated/α-hetero) is 2. The molecule has 1 aromatic carbocycles. The van der Waals surface area contributed by atoms with Crippen LogP contribution in [0.4, 0.5) is 5.69 Å². The molecule has 1 unspecified atom stereocenters. The number of aromatic nitrogens is 4. The lowest BCUT2D eigenvalue weighted by atomic mass is 10.0. The van der Waals surface area contributed by atoms with Crippen LogP contribution >= 0.6 is 23.2 Å². The number of fused-ring (bicyclic) bond motifs is 2. The third-order valence-electron chi connectivity index (χ3n) is 9.97. The monoisotopic (exact) mass is 835 g/mol. The maximum atomic E-state index is 13.3. The summed E-state index contributed by atoms with van der Waals surface area (Å²) in [5, 5.41) is 11.1. The molecule has 2 aliphatic rings. The summed E-state index contributed by atoms with van der Waals surface area (Å²) >= 11 is 12.3. The van der Waals surface area contributed by atoms with E-state index in [0.717, 1.165) is 11.3 Å². The maximum absolute atomic E-state index is 13.3. The number of methoxy groups -OCH3 is 1. The molecule has 2 atom stereocenters. The second kappa shape index (κ2) is 20.2. The molecule has 1 fully saturated rings. The first-order valence-electron chi connectivity index (χ1n) is 19.2. The average molecular weight is 837 g/mol. The van der Waals surface area contributed by atoms with Gasteiger partial charge in [-0.05, 0) is 44.4 Å². The molecule has 58 heavy (non-hydrogen) atoms. The van der Waals surface area contributed by atoms with E-state index in [-0.39, 0.29) is 73.0 Å². The number of benzene rings is 1. The van der Waals surface area contributed by atoms with Gasteiger partial charge in [0.1, 0.15) is 17.6 Å². The second-order valence-electron chi connectivity index (χ2n) is 14.1. The van der Waals surface area contributed by atoms with E-state index in [0.29, 0.717) is 97.3 Å². The van der Waals surface area contributed by atoms with Crippen LogP contribution in [0.15, 0.2) is 55.0 Å². The number of halogens is 2. The smallest absolute Gasteiger partial charge is 0.255 e. The van der Waals surface area contributed by atoms with Gasteiger partial charge in [0, 0.05) is 98.0 Å². The van der Waals surface area contributed by atoms with Crippen molar-refractivity contribution in [2.75, 3.05) is 52.0 Å². The van der Waals surface area contributed by atoms with E-state index < -0.39 is 6.04 Å². The number of ketones is 2. The van der Waals surface area contributed by atoms with Gasteiger partial charge in [0.25, 0.3) is 5.91 Å². The third-order valence-corrected chi connectivity index (χ3v) is 10.4. The van der Waals surface area contributed by atoms with Gasteiger partial charge in [-0.3, -0.25) is 19.2 Å². The highest BCUT2D eigenvalue weighted by molar-refractivity contribution is 6.30. The molecular formula is C41H47Cl2N7O8. The fraction of sp³-hybridized carbons (Fsp3) is 0.439. The second-order valence-corrected chi connectivity index (χ2v) is 14.9. The molecule has 3 aromatic heterocycles. The van der Waals surface area contributed by atoms with Gasteiger partial charge in [0.2, 0.25) is 11.8 Å². The van der Waals surface area contributed by atoms with Crippen LogP contribution in [0.2, 0.25) is 10.2 Å². The Morgan fingerprint density at radius 3 is 2.59 bits per heavy atom. The molecule has 1 saturated heterocycles. The van der Waals surface area contributed by atoms with Crippen LogP contribution in [-0.2, 0) is 48.0 Å².